The maximum Gasteiger partial charge on any atom is 0.0547 e. The lowest BCUT2D eigenvalue weighted by Crippen LogP contribution is -1.98. The van der Waals surface area contributed by atoms with Crippen LogP contribution in [0.1, 0.15) is 0 Å². The SMILES string of the molecule is c1cc(-n2c3ccccc3c3ccccc32)cc(-n2c3ccccc3c3c4c(ccc32)c2ccccc2c2sc3ccccc3c24)c1. The molecule has 0 saturated carbocycles. The number of aromatic nitrogens is 2. The summed E-state index contributed by atoms with van der Waals surface area (Å²) < 4.78 is 7.58. The minimum atomic E-state index is 1.15. The number of rotatable bonds is 2. The normalized spacial score (nSPS) is 12.3. The lowest BCUT2D eigenvalue weighted by atomic mass is 9.94. The van der Waals surface area contributed by atoms with Gasteiger partial charge in [0.05, 0.1) is 22.1 Å². The van der Waals surface area contributed by atoms with Crippen molar-refractivity contribution < 1.29 is 0 Å². The Kier molecular flexibility index (Phi) is 5.02. The molecule has 3 heterocycles. The van der Waals surface area contributed by atoms with Crippen LogP contribution in [0.4, 0.5) is 0 Å². The van der Waals surface area contributed by atoms with Crippen molar-refractivity contribution in [3.05, 3.63) is 158 Å². The Morgan fingerprint density at radius 1 is 0.319 bits per heavy atom. The zero-order valence-corrected chi connectivity index (χ0v) is 26.1. The van der Waals surface area contributed by atoms with Crippen molar-refractivity contribution in [1.29, 1.82) is 0 Å². The van der Waals surface area contributed by atoms with Gasteiger partial charge in [0.1, 0.15) is 0 Å². The highest BCUT2D eigenvalue weighted by molar-refractivity contribution is 7.27. The fraction of sp³-hybridized carbons (Fsp3) is 0. The molecule has 0 bridgehead atoms. The summed E-state index contributed by atoms with van der Waals surface area (Å²) in [5.74, 6) is 0. The van der Waals surface area contributed by atoms with Gasteiger partial charge in [0.25, 0.3) is 0 Å². The number of nitrogens with zero attached hydrogens (tertiary/aromatic N) is 2. The number of hydrogen-bond donors (Lipinski definition) is 0. The number of thiophene rings is 1. The van der Waals surface area contributed by atoms with Gasteiger partial charge < -0.3 is 9.13 Å². The summed E-state index contributed by atoms with van der Waals surface area (Å²) in [5.41, 5.74) is 7.20. The minimum Gasteiger partial charge on any atom is -0.309 e. The van der Waals surface area contributed by atoms with Gasteiger partial charge in [0, 0.05) is 63.9 Å². The Labute approximate surface area is 273 Å². The van der Waals surface area contributed by atoms with Crippen LogP contribution < -0.4 is 0 Å². The van der Waals surface area contributed by atoms with Crippen LogP contribution >= 0.6 is 11.3 Å². The van der Waals surface area contributed by atoms with Gasteiger partial charge in [-0.25, -0.2) is 0 Å². The van der Waals surface area contributed by atoms with Crippen LogP contribution in [0.3, 0.4) is 0 Å². The zero-order valence-electron chi connectivity index (χ0n) is 25.3. The number of benzene rings is 8. The van der Waals surface area contributed by atoms with Crippen LogP contribution in [-0.2, 0) is 0 Å². The predicted octanol–water partition coefficient (Wildman–Crippen LogP) is 12.6. The molecule has 0 spiro atoms. The number of para-hydroxylation sites is 3. The summed E-state index contributed by atoms with van der Waals surface area (Å²) in [7, 11) is 0. The summed E-state index contributed by atoms with van der Waals surface area (Å²) in [5, 5.41) is 13.2. The monoisotopic (exact) mass is 614 g/mol. The third-order valence-electron chi connectivity index (χ3n) is 10.1. The van der Waals surface area contributed by atoms with Gasteiger partial charge in [-0.3, -0.25) is 0 Å². The maximum absolute atomic E-state index is 2.47. The minimum absolute atomic E-state index is 1.15. The van der Waals surface area contributed by atoms with Gasteiger partial charge in [-0.2, -0.15) is 0 Å². The molecule has 0 aliphatic carbocycles. The van der Waals surface area contributed by atoms with Crippen molar-refractivity contribution in [1.82, 2.24) is 9.13 Å². The van der Waals surface area contributed by atoms with Crippen molar-refractivity contribution in [3.8, 4) is 11.4 Å². The molecule has 2 nitrogen and oxygen atoms in total. The van der Waals surface area contributed by atoms with Crippen molar-refractivity contribution in [2.24, 2.45) is 0 Å². The fourth-order valence-corrected chi connectivity index (χ4v) is 9.44. The third-order valence-corrected chi connectivity index (χ3v) is 11.3. The summed E-state index contributed by atoms with van der Waals surface area (Å²) in [6.07, 6.45) is 0. The van der Waals surface area contributed by atoms with E-state index in [4.69, 9.17) is 0 Å². The largest absolute Gasteiger partial charge is 0.309 e. The first kappa shape index (κ1) is 25.3. The van der Waals surface area contributed by atoms with Gasteiger partial charge in [-0.1, -0.05) is 109 Å². The molecule has 8 aromatic carbocycles. The summed E-state index contributed by atoms with van der Waals surface area (Å²) in [6.45, 7) is 0. The predicted molar refractivity (Wildman–Crippen MR) is 203 cm³/mol. The second-order valence-corrected chi connectivity index (χ2v) is 13.5. The van der Waals surface area contributed by atoms with E-state index in [2.05, 4.69) is 167 Å². The highest BCUT2D eigenvalue weighted by Gasteiger charge is 2.21. The molecule has 0 amide bonds. The van der Waals surface area contributed by atoms with Crippen LogP contribution in [0, 0.1) is 0 Å². The fourth-order valence-electron chi connectivity index (χ4n) is 8.19. The molecule has 11 aromatic rings. The molecular weight excluding hydrogens is 589 g/mol. The first-order valence-electron chi connectivity index (χ1n) is 16.1. The van der Waals surface area contributed by atoms with Gasteiger partial charge in [-0.05, 0) is 59.3 Å². The Hall–Kier alpha value is -5.90. The quantitative estimate of drug-likeness (QED) is 0.171. The topological polar surface area (TPSA) is 9.86 Å². The van der Waals surface area contributed by atoms with Crippen molar-refractivity contribution in [2.75, 3.05) is 0 Å². The molecule has 0 saturated heterocycles. The van der Waals surface area contributed by atoms with Crippen molar-refractivity contribution in [3.63, 3.8) is 0 Å². The van der Waals surface area contributed by atoms with E-state index in [1.807, 2.05) is 11.3 Å². The van der Waals surface area contributed by atoms with E-state index >= 15 is 0 Å². The molecular formula is C44H26N2S. The molecule has 0 unspecified atom stereocenters. The highest BCUT2D eigenvalue weighted by atomic mass is 32.1. The maximum atomic E-state index is 2.47. The third kappa shape index (κ3) is 3.34. The van der Waals surface area contributed by atoms with Crippen LogP contribution in [0.5, 0.6) is 0 Å². The van der Waals surface area contributed by atoms with E-state index < -0.39 is 0 Å². The Balaban J connectivity index is 1.29. The molecule has 11 rings (SSSR count). The van der Waals surface area contributed by atoms with Gasteiger partial charge in [0.2, 0.25) is 0 Å². The van der Waals surface area contributed by atoms with Gasteiger partial charge in [-0.15, -0.1) is 11.3 Å². The molecule has 0 atom stereocenters. The second-order valence-electron chi connectivity index (χ2n) is 12.5. The van der Waals surface area contributed by atoms with E-state index in [9.17, 15) is 0 Å². The second kappa shape index (κ2) is 9.32. The standard InChI is InChI=1S/C44H26N2S/c1-2-17-33-29(14-1)32-24-25-39-41(42(32)43-35-19-6-10-23-40(35)47-44(33)43)34-18-5-9-22-38(34)46(39)28-13-11-12-27(26-28)45-36-20-7-3-15-30(36)31-16-4-8-21-37(31)45/h1-26H. The van der Waals surface area contributed by atoms with E-state index in [0.29, 0.717) is 0 Å². The van der Waals surface area contributed by atoms with Gasteiger partial charge in [0.15, 0.2) is 0 Å². The summed E-state index contributed by atoms with van der Waals surface area (Å²) in [4.78, 5) is 0. The average molecular weight is 615 g/mol. The Morgan fingerprint density at radius 3 is 1.55 bits per heavy atom. The van der Waals surface area contributed by atoms with Crippen LogP contribution in [0.2, 0.25) is 0 Å². The lowest BCUT2D eigenvalue weighted by molar-refractivity contribution is 1.13. The summed E-state index contributed by atoms with van der Waals surface area (Å²) >= 11 is 1.92. The van der Waals surface area contributed by atoms with E-state index in [1.54, 1.807) is 0 Å². The first-order valence-corrected chi connectivity index (χ1v) is 16.9. The van der Waals surface area contributed by atoms with Crippen LogP contribution in [-0.4, -0.2) is 9.13 Å². The highest BCUT2D eigenvalue weighted by Crippen LogP contribution is 2.48. The van der Waals surface area contributed by atoms with E-state index in [1.165, 1.54) is 85.3 Å². The molecule has 3 heteroatoms. The summed E-state index contributed by atoms with van der Waals surface area (Å²) in [6, 6.07) is 58.0. The molecule has 0 N–H and O–H groups in total. The molecule has 218 valence electrons. The Bertz CT molecular complexity index is 3030. The average Bonchev–Trinajstić information content (AvgIpc) is 3.80. The van der Waals surface area contributed by atoms with Crippen molar-refractivity contribution in [2.45, 2.75) is 0 Å². The van der Waals surface area contributed by atoms with Gasteiger partial charge >= 0.3 is 0 Å². The van der Waals surface area contributed by atoms with E-state index in [0.717, 1.165) is 11.4 Å². The molecule has 0 radical (unpaired) electrons. The smallest absolute Gasteiger partial charge is 0.0547 e. The van der Waals surface area contributed by atoms with Crippen LogP contribution in [0.15, 0.2) is 158 Å². The zero-order chi connectivity index (χ0) is 30.6. The van der Waals surface area contributed by atoms with Crippen molar-refractivity contribution >= 4 is 96.7 Å². The number of fused-ring (bicyclic) bond motifs is 15. The Morgan fingerprint density at radius 2 is 0.851 bits per heavy atom. The molecule has 0 fully saturated rings. The number of hydrogen-bond acceptors (Lipinski definition) is 1. The molecule has 0 aliphatic heterocycles. The van der Waals surface area contributed by atoms with E-state index in [-0.39, 0.29) is 0 Å². The lowest BCUT2D eigenvalue weighted by Gasteiger charge is -2.13. The first-order chi connectivity index (χ1) is 23.3. The van der Waals surface area contributed by atoms with Crippen LogP contribution in [0.25, 0.3) is 96.7 Å². The molecule has 3 aromatic heterocycles. The molecule has 47 heavy (non-hydrogen) atoms. The molecule has 0 aliphatic rings.